The third kappa shape index (κ3) is 3.02. The topological polar surface area (TPSA) is 101 Å². The first-order valence-electron chi connectivity index (χ1n) is 3.87. The van der Waals surface area contributed by atoms with Gasteiger partial charge in [-0.2, -0.15) is 0 Å². The molecule has 78 valence electrons. The van der Waals surface area contributed by atoms with Crippen molar-refractivity contribution >= 4 is 11.9 Å². The van der Waals surface area contributed by atoms with E-state index in [0.717, 1.165) is 0 Å². The Hall–Kier alpha value is -1.62. The summed E-state index contributed by atoms with van der Waals surface area (Å²) in [6.45, 7) is 6.59. The number of rotatable bonds is 6. The van der Waals surface area contributed by atoms with Crippen LogP contribution in [0.1, 0.15) is 12.8 Å². The van der Waals surface area contributed by atoms with E-state index < -0.39 is 17.5 Å². The molecule has 0 aromatic rings. The Labute approximate surface area is 81.5 Å². The Morgan fingerprint density at radius 1 is 1.43 bits per heavy atom. The smallest absolute Gasteiger partial charge is 0.331 e. The average Bonchev–Trinajstić information content (AvgIpc) is 2.03. The molecule has 0 aromatic heterocycles. The molecular formula is C9H13NO4. The summed E-state index contributed by atoms with van der Waals surface area (Å²) in [6, 6.07) is 0. The van der Waals surface area contributed by atoms with Gasteiger partial charge in [-0.1, -0.05) is 12.7 Å². The number of carbonyl (C=O) groups is 2. The van der Waals surface area contributed by atoms with Crippen LogP contribution in [0.25, 0.3) is 0 Å². The monoisotopic (exact) mass is 199 g/mol. The second-order valence-electron chi connectivity index (χ2n) is 3.04. The minimum atomic E-state index is -1.63. The van der Waals surface area contributed by atoms with E-state index in [4.69, 9.17) is 15.9 Å². The van der Waals surface area contributed by atoms with Crippen LogP contribution in [0.2, 0.25) is 0 Å². The maximum atomic E-state index is 10.8. The lowest BCUT2D eigenvalue weighted by atomic mass is 9.89. The van der Waals surface area contributed by atoms with Crippen LogP contribution in [0.5, 0.6) is 0 Å². The van der Waals surface area contributed by atoms with Gasteiger partial charge in [0.05, 0.1) is 0 Å². The van der Waals surface area contributed by atoms with E-state index in [1.54, 1.807) is 0 Å². The standard InChI is InChI=1S/C9H13NO4/c1-3-4-9(10,8(13)14)5-6(2)7(11)12/h3H,1-2,4-5,10H2,(H,11,12)(H,13,14)/t9-/m1/s1. The molecule has 0 spiro atoms. The first-order chi connectivity index (χ1) is 6.33. The van der Waals surface area contributed by atoms with Crippen molar-refractivity contribution in [1.82, 2.24) is 0 Å². The Morgan fingerprint density at radius 2 is 1.93 bits per heavy atom. The van der Waals surface area contributed by atoms with E-state index in [1.165, 1.54) is 6.08 Å². The van der Waals surface area contributed by atoms with Crippen LogP contribution >= 0.6 is 0 Å². The molecule has 0 amide bonds. The molecule has 0 saturated carbocycles. The molecule has 0 aliphatic rings. The van der Waals surface area contributed by atoms with Gasteiger partial charge in [0.25, 0.3) is 0 Å². The predicted octanol–water partition coefficient (Wildman–Crippen LogP) is 0.375. The fourth-order valence-corrected chi connectivity index (χ4v) is 0.949. The number of nitrogens with two attached hydrogens (primary N) is 1. The summed E-state index contributed by atoms with van der Waals surface area (Å²) in [6.07, 6.45) is 1.03. The molecule has 0 rings (SSSR count). The van der Waals surface area contributed by atoms with Crippen molar-refractivity contribution in [3.8, 4) is 0 Å². The normalized spacial score (nSPS) is 14.1. The van der Waals surface area contributed by atoms with Gasteiger partial charge in [-0.15, -0.1) is 6.58 Å². The van der Waals surface area contributed by atoms with Gasteiger partial charge in [0.15, 0.2) is 0 Å². The molecule has 0 saturated heterocycles. The Kier molecular flexibility index (Phi) is 4.04. The lowest BCUT2D eigenvalue weighted by molar-refractivity contribution is -0.143. The van der Waals surface area contributed by atoms with E-state index in [0.29, 0.717) is 0 Å². The highest BCUT2D eigenvalue weighted by Gasteiger charge is 2.34. The molecule has 5 heteroatoms. The van der Waals surface area contributed by atoms with Crippen molar-refractivity contribution < 1.29 is 19.8 Å². The van der Waals surface area contributed by atoms with Crippen LogP contribution < -0.4 is 5.73 Å². The summed E-state index contributed by atoms with van der Waals surface area (Å²) in [5.74, 6) is -2.51. The Balaban J connectivity index is 4.68. The second-order valence-corrected chi connectivity index (χ2v) is 3.04. The van der Waals surface area contributed by atoms with Crippen molar-refractivity contribution in [2.24, 2.45) is 5.73 Å². The van der Waals surface area contributed by atoms with Gasteiger partial charge in [0, 0.05) is 12.0 Å². The lowest BCUT2D eigenvalue weighted by Crippen LogP contribution is -2.48. The molecule has 0 aromatic carbocycles. The van der Waals surface area contributed by atoms with Gasteiger partial charge in [-0.05, 0) is 6.42 Å². The molecular weight excluding hydrogens is 186 g/mol. The quantitative estimate of drug-likeness (QED) is 0.424. The maximum absolute atomic E-state index is 10.8. The fourth-order valence-electron chi connectivity index (χ4n) is 0.949. The van der Waals surface area contributed by atoms with Crippen LogP contribution in [0, 0.1) is 0 Å². The molecule has 0 radical (unpaired) electrons. The van der Waals surface area contributed by atoms with Crippen molar-refractivity contribution in [3.63, 3.8) is 0 Å². The number of aliphatic carboxylic acids is 2. The molecule has 0 unspecified atom stereocenters. The molecule has 14 heavy (non-hydrogen) atoms. The summed E-state index contributed by atoms with van der Waals surface area (Å²) >= 11 is 0. The molecule has 0 aliphatic heterocycles. The zero-order valence-electron chi connectivity index (χ0n) is 7.69. The third-order valence-electron chi connectivity index (χ3n) is 1.77. The number of carboxylic acids is 2. The van der Waals surface area contributed by atoms with Gasteiger partial charge in [-0.3, -0.25) is 4.79 Å². The van der Waals surface area contributed by atoms with Crippen molar-refractivity contribution in [1.29, 1.82) is 0 Å². The average molecular weight is 199 g/mol. The van der Waals surface area contributed by atoms with Crippen LogP contribution in [-0.4, -0.2) is 27.7 Å². The van der Waals surface area contributed by atoms with Gasteiger partial charge in [0.1, 0.15) is 5.54 Å². The number of carboxylic acid groups (broad SMARTS) is 2. The van der Waals surface area contributed by atoms with E-state index in [9.17, 15) is 9.59 Å². The van der Waals surface area contributed by atoms with Crippen molar-refractivity contribution in [2.75, 3.05) is 0 Å². The molecule has 0 heterocycles. The SMILES string of the molecule is C=CC[C@@](N)(CC(=C)C(=O)O)C(=O)O. The second kappa shape index (κ2) is 4.57. The first-order valence-corrected chi connectivity index (χ1v) is 3.87. The van der Waals surface area contributed by atoms with Gasteiger partial charge < -0.3 is 15.9 Å². The zero-order valence-corrected chi connectivity index (χ0v) is 7.69. The summed E-state index contributed by atoms with van der Waals surface area (Å²) in [5, 5.41) is 17.3. The van der Waals surface area contributed by atoms with Crippen LogP contribution in [0.4, 0.5) is 0 Å². The number of hydrogen-bond acceptors (Lipinski definition) is 3. The van der Waals surface area contributed by atoms with Crippen LogP contribution in [-0.2, 0) is 9.59 Å². The lowest BCUT2D eigenvalue weighted by Gasteiger charge is -2.22. The van der Waals surface area contributed by atoms with E-state index >= 15 is 0 Å². The third-order valence-corrected chi connectivity index (χ3v) is 1.77. The molecule has 0 bridgehead atoms. The van der Waals surface area contributed by atoms with E-state index in [2.05, 4.69) is 13.2 Å². The Bertz CT molecular complexity index is 285. The highest BCUT2D eigenvalue weighted by Crippen LogP contribution is 2.18. The van der Waals surface area contributed by atoms with E-state index in [1.807, 2.05) is 0 Å². The van der Waals surface area contributed by atoms with Gasteiger partial charge in [0.2, 0.25) is 0 Å². The molecule has 0 fully saturated rings. The molecule has 1 atom stereocenters. The first kappa shape index (κ1) is 12.4. The summed E-state index contributed by atoms with van der Waals surface area (Å²) in [5.41, 5.74) is 3.64. The predicted molar refractivity (Wildman–Crippen MR) is 50.8 cm³/mol. The summed E-state index contributed by atoms with van der Waals surface area (Å²) in [7, 11) is 0. The molecule has 0 aliphatic carbocycles. The molecule has 4 N–H and O–H groups in total. The summed E-state index contributed by atoms with van der Waals surface area (Å²) in [4.78, 5) is 21.2. The minimum Gasteiger partial charge on any atom is -0.480 e. The van der Waals surface area contributed by atoms with E-state index in [-0.39, 0.29) is 18.4 Å². The highest BCUT2D eigenvalue weighted by atomic mass is 16.4. The maximum Gasteiger partial charge on any atom is 0.331 e. The van der Waals surface area contributed by atoms with Gasteiger partial charge >= 0.3 is 11.9 Å². The fraction of sp³-hybridized carbons (Fsp3) is 0.333. The minimum absolute atomic E-state index is 0.00532. The Morgan fingerprint density at radius 3 is 2.21 bits per heavy atom. The summed E-state index contributed by atoms with van der Waals surface area (Å²) < 4.78 is 0. The highest BCUT2D eigenvalue weighted by molar-refractivity contribution is 5.88. The number of hydrogen-bond donors (Lipinski definition) is 3. The molecule has 5 nitrogen and oxygen atoms in total. The van der Waals surface area contributed by atoms with Gasteiger partial charge in [-0.25, -0.2) is 4.79 Å². The zero-order chi connectivity index (χ0) is 11.4. The van der Waals surface area contributed by atoms with Crippen molar-refractivity contribution in [3.05, 3.63) is 24.8 Å². The largest absolute Gasteiger partial charge is 0.480 e. The van der Waals surface area contributed by atoms with Crippen molar-refractivity contribution in [2.45, 2.75) is 18.4 Å². The van der Waals surface area contributed by atoms with Crippen LogP contribution in [0.3, 0.4) is 0 Å². The van der Waals surface area contributed by atoms with Crippen LogP contribution in [0.15, 0.2) is 24.8 Å².